The van der Waals surface area contributed by atoms with Crippen molar-refractivity contribution in [1.82, 2.24) is 0 Å². The molecule has 0 atom stereocenters. The summed E-state index contributed by atoms with van der Waals surface area (Å²) in [7, 11) is 0. The van der Waals surface area contributed by atoms with Gasteiger partial charge >= 0.3 is 58.4 Å². The Kier molecular flexibility index (Phi) is 7.91. The Morgan fingerprint density at radius 1 is 1.07 bits per heavy atom. The molecule has 0 aliphatic carbocycles. The van der Waals surface area contributed by atoms with Crippen LogP contribution in [0.5, 0.6) is 0 Å². The smallest absolute Gasteiger partial charge is 0.445 e. The summed E-state index contributed by atoms with van der Waals surface area (Å²) < 4.78 is 35.3. The zero-order valence-corrected chi connectivity index (χ0v) is 11.8. The summed E-state index contributed by atoms with van der Waals surface area (Å²) in [5.41, 5.74) is 1.06. The Morgan fingerprint density at radius 3 is 2.20 bits per heavy atom. The van der Waals surface area contributed by atoms with Crippen LogP contribution in [-0.4, -0.2) is 6.98 Å². The second-order valence-electron chi connectivity index (χ2n) is 3.08. The van der Waals surface area contributed by atoms with E-state index in [2.05, 4.69) is 0 Å². The predicted molar refractivity (Wildman–Crippen MR) is 53.0 cm³/mol. The number of halogens is 3. The van der Waals surface area contributed by atoms with Crippen LogP contribution in [0.25, 0.3) is 0 Å². The summed E-state index contributed by atoms with van der Waals surface area (Å²) in [5, 5.41) is 0. The second kappa shape index (κ2) is 7.68. The van der Waals surface area contributed by atoms with E-state index in [9.17, 15) is 12.9 Å². The van der Waals surface area contributed by atoms with Gasteiger partial charge < -0.3 is 12.9 Å². The largest absolute Gasteiger partial charge is 1.00 e. The molecule has 1 aromatic carbocycles. The van der Waals surface area contributed by atoms with Gasteiger partial charge in [0.2, 0.25) is 0 Å². The van der Waals surface area contributed by atoms with Crippen LogP contribution in [0.2, 0.25) is 0 Å². The molecule has 0 spiro atoms. The van der Waals surface area contributed by atoms with Gasteiger partial charge in [0.05, 0.1) is 0 Å². The Bertz CT molecular complexity index is 295. The minimum atomic E-state index is -4.77. The molecule has 0 saturated heterocycles. The van der Waals surface area contributed by atoms with E-state index < -0.39 is 6.98 Å². The first-order valence-corrected chi connectivity index (χ1v) is 4.49. The fourth-order valence-corrected chi connectivity index (χ4v) is 1.15. The van der Waals surface area contributed by atoms with Gasteiger partial charge in [-0.1, -0.05) is 30.3 Å². The number of hydrogen-bond donors (Lipinski definition) is 0. The molecular formula is C10H11BF3K. The van der Waals surface area contributed by atoms with Gasteiger partial charge in [0, 0.05) is 0 Å². The molecule has 0 fully saturated rings. The SMILES string of the molecule is F[B-](F)(F)C=CCCc1ccccc1.[K+]. The van der Waals surface area contributed by atoms with Crippen LogP contribution in [0.3, 0.4) is 0 Å². The maximum Gasteiger partial charge on any atom is 1.00 e. The van der Waals surface area contributed by atoms with E-state index >= 15 is 0 Å². The zero-order chi connectivity index (χ0) is 10.4. The van der Waals surface area contributed by atoms with Crippen LogP contribution in [0, 0.1) is 0 Å². The van der Waals surface area contributed by atoms with E-state index in [0.717, 1.165) is 5.56 Å². The van der Waals surface area contributed by atoms with Crippen molar-refractivity contribution in [3.8, 4) is 0 Å². The van der Waals surface area contributed by atoms with Crippen molar-refractivity contribution in [3.63, 3.8) is 0 Å². The van der Waals surface area contributed by atoms with Crippen molar-refractivity contribution >= 4 is 6.98 Å². The molecule has 0 unspecified atom stereocenters. The van der Waals surface area contributed by atoms with E-state index in [-0.39, 0.29) is 51.4 Å². The third kappa shape index (κ3) is 8.28. The van der Waals surface area contributed by atoms with E-state index in [0.29, 0.717) is 18.8 Å². The fraction of sp³-hybridized carbons (Fsp3) is 0.200. The number of aryl methyl sites for hydroxylation is 1. The van der Waals surface area contributed by atoms with E-state index in [1.807, 2.05) is 30.3 Å². The molecule has 0 saturated carbocycles. The predicted octanol–water partition coefficient (Wildman–Crippen LogP) is 0.566. The van der Waals surface area contributed by atoms with Crippen LogP contribution in [0.15, 0.2) is 42.4 Å². The van der Waals surface area contributed by atoms with E-state index in [1.54, 1.807) is 0 Å². The molecule has 0 radical (unpaired) electrons. The topological polar surface area (TPSA) is 0 Å². The van der Waals surface area contributed by atoms with Gasteiger partial charge in [-0.2, -0.15) is 0 Å². The number of benzene rings is 1. The third-order valence-electron chi connectivity index (χ3n) is 1.80. The Balaban J connectivity index is 0.00000196. The summed E-state index contributed by atoms with van der Waals surface area (Å²) >= 11 is 0. The van der Waals surface area contributed by atoms with Crippen LogP contribution in [0.1, 0.15) is 12.0 Å². The quantitative estimate of drug-likeness (QED) is 0.672. The summed E-state index contributed by atoms with van der Waals surface area (Å²) in [4.78, 5) is 0. The van der Waals surface area contributed by atoms with Crippen molar-refractivity contribution in [3.05, 3.63) is 47.9 Å². The van der Waals surface area contributed by atoms with Gasteiger partial charge in [0.1, 0.15) is 0 Å². The molecule has 0 N–H and O–H groups in total. The minimum absolute atomic E-state index is 0. The van der Waals surface area contributed by atoms with Crippen LogP contribution in [0.4, 0.5) is 12.9 Å². The van der Waals surface area contributed by atoms with Crippen molar-refractivity contribution in [2.75, 3.05) is 0 Å². The summed E-state index contributed by atoms with van der Waals surface area (Å²) in [6.07, 6.45) is 2.28. The first kappa shape index (κ1) is 15.5. The summed E-state index contributed by atoms with van der Waals surface area (Å²) in [6.45, 7) is -4.77. The molecule has 76 valence electrons. The third-order valence-corrected chi connectivity index (χ3v) is 1.80. The maximum absolute atomic E-state index is 11.8. The molecule has 0 aliphatic rings. The molecule has 0 heterocycles. The maximum atomic E-state index is 11.8. The van der Waals surface area contributed by atoms with Gasteiger partial charge in [0.25, 0.3) is 0 Å². The molecule has 0 amide bonds. The normalized spacial score (nSPS) is 11.4. The molecule has 15 heavy (non-hydrogen) atoms. The van der Waals surface area contributed by atoms with Gasteiger partial charge in [-0.05, 0) is 18.4 Å². The average molecular weight is 238 g/mol. The average Bonchev–Trinajstić information content (AvgIpc) is 2.13. The molecule has 1 rings (SSSR count). The standard InChI is InChI=1S/C10H11BF3.K/c12-11(13,14)9-5-4-8-10-6-2-1-3-7-10;/h1-3,5-7,9H,4,8H2;/q-1;+1. The van der Waals surface area contributed by atoms with Gasteiger partial charge in [-0.3, -0.25) is 0 Å². The molecule has 0 nitrogen and oxygen atoms in total. The molecule has 0 bridgehead atoms. The second-order valence-corrected chi connectivity index (χ2v) is 3.08. The van der Waals surface area contributed by atoms with Crippen molar-refractivity contribution in [2.24, 2.45) is 0 Å². The zero-order valence-electron chi connectivity index (χ0n) is 8.67. The minimum Gasteiger partial charge on any atom is -0.445 e. The first-order chi connectivity index (χ1) is 6.58. The van der Waals surface area contributed by atoms with Crippen molar-refractivity contribution in [1.29, 1.82) is 0 Å². The molecule has 0 aliphatic heterocycles. The summed E-state index contributed by atoms with van der Waals surface area (Å²) in [6, 6.07) is 9.47. The summed E-state index contributed by atoms with van der Waals surface area (Å²) in [5.74, 6) is 0.350. The Labute approximate surface area is 130 Å². The van der Waals surface area contributed by atoms with Gasteiger partial charge in [-0.15, -0.1) is 12.1 Å². The van der Waals surface area contributed by atoms with Crippen molar-refractivity contribution < 1.29 is 64.3 Å². The monoisotopic (exact) mass is 238 g/mol. The molecule has 0 aromatic heterocycles. The number of rotatable bonds is 4. The van der Waals surface area contributed by atoms with Crippen LogP contribution < -0.4 is 51.4 Å². The Morgan fingerprint density at radius 2 is 1.67 bits per heavy atom. The first-order valence-electron chi connectivity index (χ1n) is 4.49. The molecule has 1 aromatic rings. The van der Waals surface area contributed by atoms with E-state index in [4.69, 9.17) is 0 Å². The number of allylic oxidation sites excluding steroid dienone is 1. The fourth-order valence-electron chi connectivity index (χ4n) is 1.15. The Hall–Kier alpha value is 0.451. The van der Waals surface area contributed by atoms with Crippen LogP contribution >= 0.6 is 0 Å². The van der Waals surface area contributed by atoms with Gasteiger partial charge in [0.15, 0.2) is 0 Å². The van der Waals surface area contributed by atoms with Gasteiger partial charge in [-0.25, -0.2) is 0 Å². The number of hydrogen-bond acceptors (Lipinski definition) is 0. The van der Waals surface area contributed by atoms with Crippen molar-refractivity contribution in [2.45, 2.75) is 12.8 Å². The van der Waals surface area contributed by atoms with E-state index in [1.165, 1.54) is 6.08 Å². The van der Waals surface area contributed by atoms with Crippen LogP contribution in [-0.2, 0) is 6.42 Å². The molecule has 5 heteroatoms. The molecular weight excluding hydrogens is 227 g/mol.